The third kappa shape index (κ3) is 4.55. The maximum Gasteiger partial charge on any atom is 0.270 e. The first kappa shape index (κ1) is 19.9. The fourth-order valence-corrected chi connectivity index (χ4v) is 3.69. The molecule has 2 saturated carbocycles. The van der Waals surface area contributed by atoms with E-state index in [4.69, 9.17) is 9.94 Å². The summed E-state index contributed by atoms with van der Waals surface area (Å²) in [6, 6.07) is 2.50. The number of hydroxylamine groups is 1. The zero-order chi connectivity index (χ0) is 19.6. The Morgan fingerprint density at radius 1 is 1.33 bits per heavy atom. The van der Waals surface area contributed by atoms with E-state index in [9.17, 15) is 18.0 Å². The van der Waals surface area contributed by atoms with E-state index < -0.39 is 23.6 Å². The molecule has 1 aromatic carbocycles. The first-order valence-corrected chi connectivity index (χ1v) is 9.30. The second-order valence-corrected chi connectivity index (χ2v) is 7.62. The lowest BCUT2D eigenvalue weighted by molar-refractivity contribution is -0.100. The lowest BCUT2D eigenvalue weighted by atomic mass is 9.75. The number of ether oxygens (including phenoxy) is 1. The molecule has 27 heavy (non-hydrogen) atoms. The van der Waals surface area contributed by atoms with Crippen LogP contribution in [0.2, 0.25) is 0 Å². The standard InChI is InChI=1S/C19H25F3N2O3/c1-24(26)23-17(25)14-9-13(12-5-6-12)16(10-15(14)20)27-11-19(18(21)22)7-3-2-4-8-19/h9-10,12,18,26H,2-8,11H2,1H3,(H,23,25). The van der Waals surface area contributed by atoms with Crippen LogP contribution in [0.25, 0.3) is 0 Å². The van der Waals surface area contributed by atoms with Crippen molar-refractivity contribution in [1.82, 2.24) is 10.6 Å². The highest BCUT2D eigenvalue weighted by molar-refractivity contribution is 5.94. The van der Waals surface area contributed by atoms with Gasteiger partial charge in [-0.25, -0.2) is 13.2 Å². The predicted molar refractivity (Wildman–Crippen MR) is 92.4 cm³/mol. The number of carbonyl (C=O) groups is 1. The van der Waals surface area contributed by atoms with Gasteiger partial charge in [-0.15, -0.1) is 5.17 Å². The molecule has 0 saturated heterocycles. The molecule has 5 nitrogen and oxygen atoms in total. The van der Waals surface area contributed by atoms with E-state index in [1.54, 1.807) is 0 Å². The predicted octanol–water partition coefficient (Wildman–Crippen LogP) is 4.26. The summed E-state index contributed by atoms with van der Waals surface area (Å²) in [6.07, 6.45) is 2.49. The summed E-state index contributed by atoms with van der Waals surface area (Å²) in [5.41, 5.74) is 1.33. The van der Waals surface area contributed by atoms with Crippen LogP contribution in [-0.2, 0) is 0 Å². The molecule has 1 aromatic rings. The van der Waals surface area contributed by atoms with E-state index in [0.29, 0.717) is 23.6 Å². The molecular weight excluding hydrogens is 361 g/mol. The maximum atomic E-state index is 14.4. The molecule has 0 radical (unpaired) electrons. The number of amides is 1. The molecule has 0 atom stereocenters. The lowest BCUT2D eigenvalue weighted by Crippen LogP contribution is -2.38. The average molecular weight is 386 g/mol. The van der Waals surface area contributed by atoms with Crippen LogP contribution in [0.5, 0.6) is 5.75 Å². The molecule has 3 rings (SSSR count). The SMILES string of the molecule is CN(O)NC(=O)c1cc(C2CC2)c(OCC2(C(F)F)CCCCC2)cc1F. The van der Waals surface area contributed by atoms with Crippen LogP contribution in [0.1, 0.15) is 66.8 Å². The summed E-state index contributed by atoms with van der Waals surface area (Å²) < 4.78 is 47.5. The first-order valence-electron chi connectivity index (χ1n) is 9.30. The van der Waals surface area contributed by atoms with Crippen LogP contribution >= 0.6 is 0 Å². The number of carbonyl (C=O) groups excluding carboxylic acids is 1. The van der Waals surface area contributed by atoms with Gasteiger partial charge in [-0.2, -0.15) is 0 Å². The van der Waals surface area contributed by atoms with Crippen LogP contribution in [0.3, 0.4) is 0 Å². The third-order valence-electron chi connectivity index (χ3n) is 5.45. The Balaban J connectivity index is 1.82. The normalized spacial score (nSPS) is 19.4. The van der Waals surface area contributed by atoms with Crippen LogP contribution in [0.15, 0.2) is 12.1 Å². The Morgan fingerprint density at radius 3 is 2.56 bits per heavy atom. The van der Waals surface area contributed by atoms with Crippen molar-refractivity contribution in [2.24, 2.45) is 5.41 Å². The fraction of sp³-hybridized carbons (Fsp3) is 0.632. The van der Waals surface area contributed by atoms with Crippen molar-refractivity contribution in [1.29, 1.82) is 0 Å². The molecular formula is C19H25F3N2O3. The number of nitrogens with one attached hydrogen (secondary N) is 1. The van der Waals surface area contributed by atoms with E-state index in [1.165, 1.54) is 13.1 Å². The van der Waals surface area contributed by atoms with Crippen molar-refractivity contribution in [3.8, 4) is 5.75 Å². The van der Waals surface area contributed by atoms with E-state index in [2.05, 4.69) is 5.43 Å². The van der Waals surface area contributed by atoms with Crippen molar-refractivity contribution in [3.63, 3.8) is 0 Å². The highest BCUT2D eigenvalue weighted by Crippen LogP contribution is 2.47. The second kappa shape index (κ2) is 8.06. The zero-order valence-electron chi connectivity index (χ0n) is 15.3. The van der Waals surface area contributed by atoms with Crippen molar-refractivity contribution in [3.05, 3.63) is 29.1 Å². The first-order chi connectivity index (χ1) is 12.8. The number of nitrogens with zero attached hydrogens (tertiary/aromatic N) is 1. The highest BCUT2D eigenvalue weighted by Gasteiger charge is 2.42. The molecule has 0 unspecified atom stereocenters. The van der Waals surface area contributed by atoms with E-state index in [1.807, 2.05) is 0 Å². The van der Waals surface area contributed by atoms with Gasteiger partial charge in [-0.3, -0.25) is 15.4 Å². The molecule has 0 heterocycles. The van der Waals surface area contributed by atoms with Gasteiger partial charge in [0.2, 0.25) is 6.43 Å². The minimum Gasteiger partial charge on any atom is -0.492 e. The molecule has 0 spiro atoms. The molecule has 2 N–H and O–H groups in total. The van der Waals surface area contributed by atoms with Crippen molar-refractivity contribution in [2.75, 3.05) is 13.7 Å². The highest BCUT2D eigenvalue weighted by atomic mass is 19.3. The second-order valence-electron chi connectivity index (χ2n) is 7.62. The number of halogens is 3. The zero-order valence-corrected chi connectivity index (χ0v) is 15.3. The van der Waals surface area contributed by atoms with Crippen LogP contribution in [0.4, 0.5) is 13.2 Å². The van der Waals surface area contributed by atoms with Gasteiger partial charge in [0.15, 0.2) is 0 Å². The monoisotopic (exact) mass is 386 g/mol. The van der Waals surface area contributed by atoms with Gasteiger partial charge in [-0.05, 0) is 43.2 Å². The van der Waals surface area contributed by atoms with Crippen LogP contribution < -0.4 is 10.2 Å². The van der Waals surface area contributed by atoms with Gasteiger partial charge in [0.1, 0.15) is 11.6 Å². The molecule has 2 aliphatic carbocycles. The van der Waals surface area contributed by atoms with Gasteiger partial charge in [0.25, 0.3) is 5.91 Å². The van der Waals surface area contributed by atoms with Crippen molar-refractivity contribution in [2.45, 2.75) is 57.3 Å². The topological polar surface area (TPSA) is 61.8 Å². The summed E-state index contributed by atoms with van der Waals surface area (Å²) in [5.74, 6) is -1.24. The van der Waals surface area contributed by atoms with Crippen molar-refractivity contribution >= 4 is 5.91 Å². The Kier molecular flexibility index (Phi) is 5.95. The molecule has 0 bridgehead atoms. The van der Waals surface area contributed by atoms with E-state index in [0.717, 1.165) is 38.2 Å². The van der Waals surface area contributed by atoms with Gasteiger partial charge in [0, 0.05) is 13.1 Å². The van der Waals surface area contributed by atoms with Gasteiger partial charge in [-0.1, -0.05) is 19.3 Å². The number of benzene rings is 1. The Labute approximate surface area is 156 Å². The molecule has 2 fully saturated rings. The molecule has 2 aliphatic rings. The molecule has 150 valence electrons. The Bertz CT molecular complexity index is 687. The maximum absolute atomic E-state index is 14.4. The molecule has 1 amide bonds. The summed E-state index contributed by atoms with van der Waals surface area (Å²) in [6.45, 7) is -0.158. The summed E-state index contributed by atoms with van der Waals surface area (Å²) >= 11 is 0. The number of hydrogen-bond donors (Lipinski definition) is 2. The van der Waals surface area contributed by atoms with Crippen LogP contribution in [-0.4, -0.2) is 36.4 Å². The molecule has 0 aromatic heterocycles. The summed E-state index contributed by atoms with van der Waals surface area (Å²) in [4.78, 5) is 12.0. The van der Waals surface area contributed by atoms with E-state index in [-0.39, 0.29) is 23.8 Å². The smallest absolute Gasteiger partial charge is 0.270 e. The number of rotatable bonds is 7. The quantitative estimate of drug-likeness (QED) is 0.688. The Morgan fingerprint density at radius 2 is 2.00 bits per heavy atom. The van der Waals surface area contributed by atoms with Crippen LogP contribution in [0, 0.1) is 11.2 Å². The van der Waals surface area contributed by atoms with Gasteiger partial charge >= 0.3 is 0 Å². The lowest BCUT2D eigenvalue weighted by Gasteiger charge is -2.36. The van der Waals surface area contributed by atoms with E-state index >= 15 is 0 Å². The molecule has 8 heteroatoms. The largest absolute Gasteiger partial charge is 0.492 e. The Hall–Kier alpha value is -1.80. The average Bonchev–Trinajstić information content (AvgIpc) is 3.45. The number of alkyl halides is 2. The molecule has 0 aliphatic heterocycles. The van der Waals surface area contributed by atoms with Crippen molar-refractivity contribution < 1.29 is 27.9 Å². The fourth-order valence-electron chi connectivity index (χ4n) is 3.69. The minimum absolute atomic E-state index is 0.132. The van der Waals surface area contributed by atoms with Gasteiger partial charge in [0.05, 0.1) is 17.6 Å². The number of hydrazine groups is 1. The van der Waals surface area contributed by atoms with Gasteiger partial charge < -0.3 is 4.74 Å². The number of hydrogen-bond acceptors (Lipinski definition) is 4. The summed E-state index contributed by atoms with van der Waals surface area (Å²) in [7, 11) is 1.20. The summed E-state index contributed by atoms with van der Waals surface area (Å²) in [5, 5.41) is 9.56. The third-order valence-corrected chi connectivity index (χ3v) is 5.45. The minimum atomic E-state index is -2.49.